The van der Waals surface area contributed by atoms with Crippen molar-refractivity contribution >= 4 is 17.3 Å². The quantitative estimate of drug-likeness (QED) is 0.880. The minimum absolute atomic E-state index is 0.894. The van der Waals surface area contributed by atoms with Gasteiger partial charge in [0.2, 0.25) is 0 Å². The molecule has 6 heteroatoms. The first-order valence-electron chi connectivity index (χ1n) is 8.50. The van der Waals surface area contributed by atoms with E-state index < -0.39 is 0 Å². The molecule has 0 radical (unpaired) electrons. The third-order valence-corrected chi connectivity index (χ3v) is 4.25. The Hall–Kier alpha value is -2.50. The van der Waals surface area contributed by atoms with Gasteiger partial charge < -0.3 is 19.9 Å². The van der Waals surface area contributed by atoms with Gasteiger partial charge in [0.05, 0.1) is 7.11 Å². The van der Waals surface area contributed by atoms with E-state index in [1.807, 2.05) is 18.2 Å². The second-order valence-electron chi connectivity index (χ2n) is 5.86. The number of ether oxygens (including phenoxy) is 1. The van der Waals surface area contributed by atoms with Gasteiger partial charge in [0.25, 0.3) is 0 Å². The Bertz CT molecular complexity index is 638. The summed E-state index contributed by atoms with van der Waals surface area (Å²) < 4.78 is 5.22. The third kappa shape index (κ3) is 3.88. The van der Waals surface area contributed by atoms with Gasteiger partial charge in [0.15, 0.2) is 0 Å². The van der Waals surface area contributed by atoms with Crippen LogP contribution in [0.5, 0.6) is 5.75 Å². The van der Waals surface area contributed by atoms with Gasteiger partial charge in [-0.3, -0.25) is 0 Å². The van der Waals surface area contributed by atoms with Crippen LogP contribution < -0.4 is 19.9 Å². The molecule has 0 unspecified atom stereocenters. The lowest BCUT2D eigenvalue weighted by Gasteiger charge is -2.36. The molecule has 6 nitrogen and oxygen atoms in total. The number of nitrogens with one attached hydrogen (secondary N) is 1. The van der Waals surface area contributed by atoms with E-state index in [0.717, 1.165) is 56.5 Å². The molecule has 1 fully saturated rings. The Morgan fingerprint density at radius 2 is 1.75 bits per heavy atom. The molecule has 0 aliphatic carbocycles. The minimum Gasteiger partial charge on any atom is -0.497 e. The molecule has 1 saturated heterocycles. The predicted molar refractivity (Wildman–Crippen MR) is 98.2 cm³/mol. The fourth-order valence-electron chi connectivity index (χ4n) is 2.86. The summed E-state index contributed by atoms with van der Waals surface area (Å²) in [5.74, 6) is 2.79. The Morgan fingerprint density at radius 1 is 1.04 bits per heavy atom. The first-order valence-corrected chi connectivity index (χ1v) is 8.50. The fourth-order valence-corrected chi connectivity index (χ4v) is 2.86. The number of hydrogen-bond acceptors (Lipinski definition) is 6. The molecule has 0 spiro atoms. The number of benzene rings is 1. The molecule has 1 aliphatic rings. The number of piperazine rings is 1. The van der Waals surface area contributed by atoms with Gasteiger partial charge in [-0.15, -0.1) is 0 Å². The van der Waals surface area contributed by atoms with Gasteiger partial charge in [0.1, 0.15) is 23.7 Å². The van der Waals surface area contributed by atoms with E-state index in [1.165, 1.54) is 5.69 Å². The molecule has 1 N–H and O–H groups in total. The average molecular weight is 327 g/mol. The topological polar surface area (TPSA) is 53.5 Å². The van der Waals surface area contributed by atoms with Crippen molar-refractivity contribution in [3.05, 3.63) is 36.7 Å². The molecular weight excluding hydrogens is 302 g/mol. The lowest BCUT2D eigenvalue weighted by molar-refractivity contribution is 0.415. The maximum Gasteiger partial charge on any atom is 0.134 e. The highest BCUT2D eigenvalue weighted by atomic mass is 16.5. The fraction of sp³-hybridized carbons (Fsp3) is 0.444. The highest BCUT2D eigenvalue weighted by molar-refractivity contribution is 5.53. The van der Waals surface area contributed by atoms with E-state index in [9.17, 15) is 0 Å². The minimum atomic E-state index is 0.894. The van der Waals surface area contributed by atoms with Crippen LogP contribution in [-0.2, 0) is 0 Å². The van der Waals surface area contributed by atoms with Crippen LogP contribution in [0.15, 0.2) is 36.7 Å². The number of methoxy groups -OCH3 is 1. The summed E-state index contributed by atoms with van der Waals surface area (Å²) in [4.78, 5) is 13.4. The summed E-state index contributed by atoms with van der Waals surface area (Å²) in [6, 6.07) is 10.3. The van der Waals surface area contributed by atoms with Crippen molar-refractivity contribution in [3.8, 4) is 5.75 Å². The lowest BCUT2D eigenvalue weighted by Crippen LogP contribution is -2.46. The van der Waals surface area contributed by atoms with Crippen LogP contribution in [0.4, 0.5) is 17.3 Å². The molecule has 0 bridgehead atoms. The second kappa shape index (κ2) is 7.86. The maximum atomic E-state index is 5.22. The first-order chi connectivity index (χ1) is 11.8. The summed E-state index contributed by atoms with van der Waals surface area (Å²) in [6.07, 6.45) is 2.73. The van der Waals surface area contributed by atoms with Crippen LogP contribution in [0.1, 0.15) is 13.3 Å². The van der Waals surface area contributed by atoms with Crippen molar-refractivity contribution in [1.29, 1.82) is 0 Å². The molecule has 0 atom stereocenters. The molecule has 128 valence electrons. The molecule has 0 amide bonds. The first kappa shape index (κ1) is 16.4. The van der Waals surface area contributed by atoms with E-state index >= 15 is 0 Å². The van der Waals surface area contributed by atoms with E-state index in [4.69, 9.17) is 4.74 Å². The van der Waals surface area contributed by atoms with E-state index in [0.29, 0.717) is 0 Å². The summed E-state index contributed by atoms with van der Waals surface area (Å²) in [5.41, 5.74) is 1.24. The molecule has 2 aromatic rings. The van der Waals surface area contributed by atoms with Gasteiger partial charge in [-0.25, -0.2) is 9.97 Å². The molecule has 24 heavy (non-hydrogen) atoms. The van der Waals surface area contributed by atoms with E-state index in [-0.39, 0.29) is 0 Å². The lowest BCUT2D eigenvalue weighted by atomic mass is 10.2. The van der Waals surface area contributed by atoms with Crippen molar-refractivity contribution in [2.24, 2.45) is 0 Å². The molecule has 1 aromatic carbocycles. The van der Waals surface area contributed by atoms with Gasteiger partial charge in [-0.1, -0.05) is 6.92 Å². The SMILES string of the molecule is CCCNc1cc(N2CCN(c3ccc(OC)cc3)CC2)ncn1. The molecule has 2 heterocycles. The van der Waals surface area contributed by atoms with Crippen molar-refractivity contribution in [2.45, 2.75) is 13.3 Å². The number of aromatic nitrogens is 2. The molecule has 1 aliphatic heterocycles. The van der Waals surface area contributed by atoms with Crippen molar-refractivity contribution in [2.75, 3.05) is 55.0 Å². The monoisotopic (exact) mass is 327 g/mol. The summed E-state index contributed by atoms with van der Waals surface area (Å²) in [5, 5.41) is 3.32. The van der Waals surface area contributed by atoms with E-state index in [1.54, 1.807) is 13.4 Å². The van der Waals surface area contributed by atoms with Crippen molar-refractivity contribution < 1.29 is 4.74 Å². The summed E-state index contributed by atoms with van der Waals surface area (Å²) in [7, 11) is 1.69. The standard InChI is InChI=1S/C18H25N5O/c1-3-8-19-17-13-18(21-14-20-17)23-11-9-22(10-12-23)15-4-6-16(24-2)7-5-15/h4-7,13-14H,3,8-12H2,1-2H3,(H,19,20,21). The van der Waals surface area contributed by atoms with Crippen LogP contribution >= 0.6 is 0 Å². The number of anilines is 3. The number of hydrogen-bond donors (Lipinski definition) is 1. The Balaban J connectivity index is 1.60. The highest BCUT2D eigenvalue weighted by Gasteiger charge is 2.18. The smallest absolute Gasteiger partial charge is 0.134 e. The molecule has 1 aromatic heterocycles. The van der Waals surface area contributed by atoms with Crippen molar-refractivity contribution in [3.63, 3.8) is 0 Å². The number of rotatable bonds is 6. The zero-order valence-corrected chi connectivity index (χ0v) is 14.4. The van der Waals surface area contributed by atoms with Crippen molar-refractivity contribution in [1.82, 2.24) is 9.97 Å². The van der Waals surface area contributed by atoms with Crippen LogP contribution in [0, 0.1) is 0 Å². The largest absolute Gasteiger partial charge is 0.497 e. The zero-order chi connectivity index (χ0) is 16.8. The van der Waals surface area contributed by atoms with Gasteiger partial charge >= 0.3 is 0 Å². The van der Waals surface area contributed by atoms with E-state index in [2.05, 4.69) is 44.1 Å². The van der Waals surface area contributed by atoms with Gasteiger partial charge in [-0.2, -0.15) is 0 Å². The normalized spacial score (nSPS) is 14.6. The highest BCUT2D eigenvalue weighted by Crippen LogP contribution is 2.22. The Morgan fingerprint density at radius 3 is 2.42 bits per heavy atom. The van der Waals surface area contributed by atoms with Gasteiger partial charge in [-0.05, 0) is 30.7 Å². The summed E-state index contributed by atoms with van der Waals surface area (Å²) >= 11 is 0. The Kier molecular flexibility index (Phi) is 5.36. The van der Waals surface area contributed by atoms with Gasteiger partial charge in [0, 0.05) is 44.5 Å². The van der Waals surface area contributed by atoms with Crippen LogP contribution in [0.2, 0.25) is 0 Å². The predicted octanol–water partition coefficient (Wildman–Crippen LogP) is 2.63. The molecule has 0 saturated carbocycles. The third-order valence-electron chi connectivity index (χ3n) is 4.25. The average Bonchev–Trinajstić information content (AvgIpc) is 2.67. The number of nitrogens with zero attached hydrogens (tertiary/aromatic N) is 4. The maximum absolute atomic E-state index is 5.22. The Labute approximate surface area is 143 Å². The van der Waals surface area contributed by atoms with Crippen LogP contribution in [-0.4, -0.2) is 49.8 Å². The van der Waals surface area contributed by atoms with Crippen LogP contribution in [0.3, 0.4) is 0 Å². The zero-order valence-electron chi connectivity index (χ0n) is 14.4. The molecule has 3 rings (SSSR count). The molecular formula is C18H25N5O. The van der Waals surface area contributed by atoms with Crippen LogP contribution in [0.25, 0.3) is 0 Å². The second-order valence-corrected chi connectivity index (χ2v) is 5.86. The summed E-state index contributed by atoms with van der Waals surface area (Å²) in [6.45, 7) is 6.95.